The molecular formula is C23H24N2O5. The van der Waals surface area contributed by atoms with Crippen LogP contribution < -0.4 is 19.5 Å². The van der Waals surface area contributed by atoms with Crippen molar-refractivity contribution in [1.82, 2.24) is 4.90 Å². The third kappa shape index (κ3) is 3.70. The normalized spacial score (nSPS) is 15.4. The van der Waals surface area contributed by atoms with E-state index < -0.39 is 0 Å². The van der Waals surface area contributed by atoms with Crippen LogP contribution in [0.15, 0.2) is 48.2 Å². The van der Waals surface area contributed by atoms with Gasteiger partial charge in [-0.05, 0) is 42.7 Å². The Morgan fingerprint density at radius 1 is 1.03 bits per heavy atom. The summed E-state index contributed by atoms with van der Waals surface area (Å²) < 4.78 is 16.2. The molecule has 0 fully saturated rings. The first-order valence-electron chi connectivity index (χ1n) is 9.98. The molecule has 156 valence electrons. The third-order valence-corrected chi connectivity index (χ3v) is 4.81. The number of hydrogen-bond acceptors (Lipinski definition) is 6. The highest BCUT2D eigenvalue weighted by atomic mass is 16.7. The van der Waals surface area contributed by atoms with E-state index in [9.17, 15) is 9.59 Å². The maximum Gasteiger partial charge on any atom is 0.278 e. The first kappa shape index (κ1) is 19.8. The zero-order valence-electron chi connectivity index (χ0n) is 17.2. The van der Waals surface area contributed by atoms with Crippen LogP contribution >= 0.6 is 0 Å². The average molecular weight is 408 g/mol. The van der Waals surface area contributed by atoms with Crippen LogP contribution in [0.1, 0.15) is 26.3 Å². The summed E-state index contributed by atoms with van der Waals surface area (Å²) in [6.45, 7) is 6.93. The van der Waals surface area contributed by atoms with Gasteiger partial charge in [0.1, 0.15) is 11.4 Å². The molecule has 4 rings (SSSR count). The van der Waals surface area contributed by atoms with Gasteiger partial charge in [-0.1, -0.05) is 26.0 Å². The van der Waals surface area contributed by atoms with Crippen LogP contribution in [0.25, 0.3) is 5.57 Å². The van der Waals surface area contributed by atoms with Crippen LogP contribution in [-0.2, 0) is 9.59 Å². The Morgan fingerprint density at radius 2 is 1.77 bits per heavy atom. The van der Waals surface area contributed by atoms with Crippen molar-refractivity contribution in [2.24, 2.45) is 5.92 Å². The maximum atomic E-state index is 13.2. The van der Waals surface area contributed by atoms with Gasteiger partial charge in [0, 0.05) is 18.3 Å². The topological polar surface area (TPSA) is 77.1 Å². The van der Waals surface area contributed by atoms with E-state index >= 15 is 0 Å². The lowest BCUT2D eigenvalue weighted by Crippen LogP contribution is -2.35. The summed E-state index contributed by atoms with van der Waals surface area (Å²) in [6.07, 6.45) is 0. The maximum absolute atomic E-state index is 13.2. The molecule has 2 aliphatic rings. The number of carbonyl (C=O) groups is 2. The predicted octanol–water partition coefficient (Wildman–Crippen LogP) is 3.66. The monoisotopic (exact) mass is 408 g/mol. The lowest BCUT2D eigenvalue weighted by atomic mass is 10.0. The summed E-state index contributed by atoms with van der Waals surface area (Å²) in [5.41, 5.74) is 1.90. The van der Waals surface area contributed by atoms with E-state index in [0.29, 0.717) is 47.2 Å². The molecule has 2 aromatic rings. The molecule has 7 heteroatoms. The smallest absolute Gasteiger partial charge is 0.278 e. The summed E-state index contributed by atoms with van der Waals surface area (Å²) in [5, 5.41) is 3.14. The molecular weight excluding hydrogens is 384 g/mol. The molecule has 0 spiro atoms. The number of amides is 2. The highest BCUT2D eigenvalue weighted by Gasteiger charge is 2.39. The zero-order chi connectivity index (χ0) is 21.3. The van der Waals surface area contributed by atoms with Gasteiger partial charge in [-0.25, -0.2) is 0 Å². The summed E-state index contributed by atoms with van der Waals surface area (Å²) in [4.78, 5) is 27.6. The van der Waals surface area contributed by atoms with Crippen molar-refractivity contribution in [1.29, 1.82) is 0 Å². The van der Waals surface area contributed by atoms with Crippen LogP contribution in [0.3, 0.4) is 0 Å². The fraction of sp³-hybridized carbons (Fsp3) is 0.304. The van der Waals surface area contributed by atoms with Gasteiger partial charge in [0.2, 0.25) is 6.79 Å². The zero-order valence-corrected chi connectivity index (χ0v) is 17.2. The number of carbonyl (C=O) groups excluding carboxylic acids is 2. The summed E-state index contributed by atoms with van der Waals surface area (Å²) >= 11 is 0. The standard InChI is InChI=1S/C23H24N2O5/c1-4-28-17-8-5-15(6-9-17)20-21(23(27)25(22(20)26)12-14(2)3)24-16-7-10-18-19(11-16)30-13-29-18/h5-11,14,24H,4,12-13H2,1-3H3. The highest BCUT2D eigenvalue weighted by molar-refractivity contribution is 6.36. The molecule has 0 unspecified atom stereocenters. The van der Waals surface area contributed by atoms with E-state index in [1.165, 1.54) is 4.90 Å². The number of fused-ring (bicyclic) bond motifs is 1. The van der Waals surface area contributed by atoms with Crippen molar-refractivity contribution < 1.29 is 23.8 Å². The Kier molecular flexibility index (Phi) is 5.35. The lowest BCUT2D eigenvalue weighted by molar-refractivity contribution is -0.137. The number of nitrogens with zero attached hydrogens (tertiary/aromatic N) is 1. The van der Waals surface area contributed by atoms with Crippen molar-refractivity contribution >= 4 is 23.1 Å². The highest BCUT2D eigenvalue weighted by Crippen LogP contribution is 2.37. The summed E-state index contributed by atoms with van der Waals surface area (Å²) in [6, 6.07) is 12.5. The second-order valence-electron chi connectivity index (χ2n) is 7.52. The van der Waals surface area contributed by atoms with Crippen molar-refractivity contribution in [3.63, 3.8) is 0 Å². The van der Waals surface area contributed by atoms with Gasteiger partial charge in [0.15, 0.2) is 11.5 Å². The molecule has 30 heavy (non-hydrogen) atoms. The second-order valence-corrected chi connectivity index (χ2v) is 7.52. The molecule has 0 bridgehead atoms. The first-order chi connectivity index (χ1) is 14.5. The fourth-order valence-corrected chi connectivity index (χ4v) is 3.49. The third-order valence-electron chi connectivity index (χ3n) is 4.81. The Hall–Kier alpha value is -3.48. The summed E-state index contributed by atoms with van der Waals surface area (Å²) in [5.74, 6) is 1.47. The minimum atomic E-state index is -0.338. The Balaban J connectivity index is 1.72. The molecule has 7 nitrogen and oxygen atoms in total. The molecule has 0 aromatic heterocycles. The number of nitrogens with one attached hydrogen (secondary N) is 1. The number of ether oxygens (including phenoxy) is 3. The minimum Gasteiger partial charge on any atom is -0.494 e. The number of imide groups is 1. The molecule has 2 amide bonds. The van der Waals surface area contributed by atoms with Crippen LogP contribution in [0.2, 0.25) is 0 Å². The molecule has 2 heterocycles. The number of benzene rings is 2. The molecule has 0 atom stereocenters. The van der Waals surface area contributed by atoms with Crippen molar-refractivity contribution in [3.8, 4) is 17.2 Å². The van der Waals surface area contributed by atoms with Gasteiger partial charge in [-0.2, -0.15) is 0 Å². The lowest BCUT2D eigenvalue weighted by Gasteiger charge is -2.17. The molecule has 0 saturated heterocycles. The van der Waals surface area contributed by atoms with E-state index in [0.717, 1.165) is 0 Å². The van der Waals surface area contributed by atoms with E-state index in [2.05, 4.69) is 5.32 Å². The Labute approximate surface area is 175 Å². The SMILES string of the molecule is CCOc1ccc(C2=C(Nc3ccc4c(c3)OCO4)C(=O)N(CC(C)C)C2=O)cc1. The van der Waals surface area contributed by atoms with Gasteiger partial charge in [0.05, 0.1) is 12.2 Å². The van der Waals surface area contributed by atoms with Crippen LogP contribution in [0.5, 0.6) is 17.2 Å². The van der Waals surface area contributed by atoms with Gasteiger partial charge in [-0.3, -0.25) is 14.5 Å². The van der Waals surface area contributed by atoms with E-state index in [4.69, 9.17) is 14.2 Å². The van der Waals surface area contributed by atoms with Crippen LogP contribution in [0, 0.1) is 5.92 Å². The quantitative estimate of drug-likeness (QED) is 0.705. The number of rotatable bonds is 7. The van der Waals surface area contributed by atoms with Gasteiger partial charge in [-0.15, -0.1) is 0 Å². The molecule has 2 aliphatic heterocycles. The molecule has 1 N–H and O–H groups in total. The molecule has 2 aromatic carbocycles. The van der Waals surface area contributed by atoms with Gasteiger partial charge < -0.3 is 19.5 Å². The largest absolute Gasteiger partial charge is 0.494 e. The number of hydrogen-bond donors (Lipinski definition) is 1. The minimum absolute atomic E-state index is 0.157. The molecule has 0 aliphatic carbocycles. The van der Waals surface area contributed by atoms with E-state index in [1.54, 1.807) is 42.5 Å². The first-order valence-corrected chi connectivity index (χ1v) is 9.98. The number of anilines is 1. The average Bonchev–Trinajstić information content (AvgIpc) is 3.27. The van der Waals surface area contributed by atoms with Crippen molar-refractivity contribution in [2.45, 2.75) is 20.8 Å². The second kappa shape index (κ2) is 8.10. The van der Waals surface area contributed by atoms with Crippen LogP contribution in [0.4, 0.5) is 5.69 Å². The van der Waals surface area contributed by atoms with E-state index in [1.807, 2.05) is 20.8 Å². The molecule has 0 radical (unpaired) electrons. The van der Waals surface area contributed by atoms with Crippen LogP contribution in [-0.4, -0.2) is 36.7 Å². The predicted molar refractivity (Wildman–Crippen MR) is 112 cm³/mol. The van der Waals surface area contributed by atoms with E-state index in [-0.39, 0.29) is 30.2 Å². The van der Waals surface area contributed by atoms with Gasteiger partial charge >= 0.3 is 0 Å². The Bertz CT molecular complexity index is 1010. The fourth-order valence-electron chi connectivity index (χ4n) is 3.49. The molecule has 0 saturated carbocycles. The Morgan fingerprint density at radius 3 is 2.47 bits per heavy atom. The van der Waals surface area contributed by atoms with Crippen molar-refractivity contribution in [2.75, 3.05) is 25.3 Å². The van der Waals surface area contributed by atoms with Crippen molar-refractivity contribution in [3.05, 3.63) is 53.7 Å². The summed E-state index contributed by atoms with van der Waals surface area (Å²) in [7, 11) is 0. The van der Waals surface area contributed by atoms with Gasteiger partial charge in [0.25, 0.3) is 11.8 Å².